The number of nitrogens with zero attached hydrogens (tertiary/aromatic N) is 5. The van der Waals surface area contributed by atoms with E-state index in [0.717, 1.165) is 22.8 Å². The maximum absolute atomic E-state index is 9.35. The van der Waals surface area contributed by atoms with Crippen molar-refractivity contribution < 1.29 is 5.11 Å². The van der Waals surface area contributed by atoms with Gasteiger partial charge in [-0.3, -0.25) is 9.88 Å². The van der Waals surface area contributed by atoms with Gasteiger partial charge in [0.05, 0.1) is 13.2 Å². The summed E-state index contributed by atoms with van der Waals surface area (Å²) >= 11 is 0. The van der Waals surface area contributed by atoms with Gasteiger partial charge in [-0.1, -0.05) is 36.4 Å². The van der Waals surface area contributed by atoms with Crippen molar-refractivity contribution >= 4 is 0 Å². The van der Waals surface area contributed by atoms with Gasteiger partial charge in [-0.2, -0.15) is 0 Å². The van der Waals surface area contributed by atoms with Crippen LogP contribution in [0.4, 0.5) is 0 Å². The molecule has 1 aromatic carbocycles. The number of hydrogen-bond acceptors (Lipinski definition) is 5. The van der Waals surface area contributed by atoms with Gasteiger partial charge < -0.3 is 9.67 Å². The first-order chi connectivity index (χ1) is 11.8. The van der Waals surface area contributed by atoms with E-state index < -0.39 is 0 Å². The van der Waals surface area contributed by atoms with Gasteiger partial charge in [0, 0.05) is 38.1 Å². The predicted octanol–water partition coefficient (Wildman–Crippen LogP) is 1.87. The van der Waals surface area contributed by atoms with Crippen LogP contribution in [0.3, 0.4) is 0 Å². The molecule has 6 nitrogen and oxygen atoms in total. The lowest BCUT2D eigenvalue weighted by Gasteiger charge is -2.20. The fourth-order valence-electron chi connectivity index (χ4n) is 2.64. The van der Waals surface area contributed by atoms with Gasteiger partial charge in [0.2, 0.25) is 0 Å². The van der Waals surface area contributed by atoms with Crippen molar-refractivity contribution in [1.82, 2.24) is 24.6 Å². The maximum atomic E-state index is 9.35. The van der Waals surface area contributed by atoms with Crippen LogP contribution < -0.4 is 0 Å². The monoisotopic (exact) mass is 323 g/mol. The summed E-state index contributed by atoms with van der Waals surface area (Å²) in [7, 11) is 1.97. The van der Waals surface area contributed by atoms with Crippen molar-refractivity contribution in [1.29, 1.82) is 0 Å². The highest BCUT2D eigenvalue weighted by molar-refractivity contribution is 5.54. The van der Waals surface area contributed by atoms with Gasteiger partial charge in [-0.25, -0.2) is 0 Å². The molecule has 0 saturated carbocycles. The lowest BCUT2D eigenvalue weighted by atomic mass is 10.2. The minimum absolute atomic E-state index is 0.101. The molecule has 0 unspecified atom stereocenters. The summed E-state index contributed by atoms with van der Waals surface area (Å²) < 4.78 is 2.00. The summed E-state index contributed by atoms with van der Waals surface area (Å²) in [5.74, 6) is 1.71. The van der Waals surface area contributed by atoms with E-state index in [-0.39, 0.29) is 6.61 Å². The number of aliphatic hydroxyl groups is 1. The minimum Gasteiger partial charge on any atom is -0.395 e. The van der Waals surface area contributed by atoms with Gasteiger partial charge in [0.25, 0.3) is 0 Å². The topological polar surface area (TPSA) is 67.1 Å². The van der Waals surface area contributed by atoms with Crippen molar-refractivity contribution in [3.05, 3.63) is 66.2 Å². The van der Waals surface area contributed by atoms with Crippen molar-refractivity contribution in [3.8, 4) is 11.4 Å². The Morgan fingerprint density at radius 2 is 1.88 bits per heavy atom. The zero-order valence-electron chi connectivity index (χ0n) is 13.7. The van der Waals surface area contributed by atoms with Crippen molar-refractivity contribution in [2.24, 2.45) is 7.05 Å². The van der Waals surface area contributed by atoms with Gasteiger partial charge in [0.15, 0.2) is 5.82 Å². The first kappa shape index (κ1) is 16.3. The van der Waals surface area contributed by atoms with E-state index in [2.05, 4.69) is 20.1 Å². The first-order valence-electron chi connectivity index (χ1n) is 7.93. The summed E-state index contributed by atoms with van der Waals surface area (Å²) in [4.78, 5) is 6.28. The maximum Gasteiger partial charge on any atom is 0.163 e. The van der Waals surface area contributed by atoms with Gasteiger partial charge in [0.1, 0.15) is 5.82 Å². The molecule has 0 aliphatic carbocycles. The van der Waals surface area contributed by atoms with Gasteiger partial charge >= 0.3 is 0 Å². The van der Waals surface area contributed by atoms with E-state index >= 15 is 0 Å². The standard InChI is InChI=1S/C18H21N5O/c1-22-17(20-21-18(22)16-7-3-2-4-8-16)14-23(10-11-24)13-15-6-5-9-19-12-15/h2-9,12,24H,10-11,13-14H2,1H3. The highest BCUT2D eigenvalue weighted by Crippen LogP contribution is 2.17. The van der Waals surface area contributed by atoms with Crippen LogP contribution in [-0.4, -0.2) is 42.9 Å². The molecular weight excluding hydrogens is 302 g/mol. The molecule has 2 aromatic heterocycles. The Kier molecular flexibility index (Phi) is 5.30. The Bertz CT molecular complexity index is 758. The van der Waals surface area contributed by atoms with Crippen LogP contribution >= 0.6 is 0 Å². The molecule has 0 aliphatic heterocycles. The third kappa shape index (κ3) is 3.84. The van der Waals surface area contributed by atoms with Crippen molar-refractivity contribution in [2.45, 2.75) is 13.1 Å². The first-order valence-corrected chi connectivity index (χ1v) is 7.93. The molecule has 0 bridgehead atoms. The van der Waals surface area contributed by atoms with E-state index in [9.17, 15) is 5.11 Å². The second-order valence-electron chi connectivity index (χ2n) is 5.66. The summed E-state index contributed by atoms with van der Waals surface area (Å²) in [6.45, 7) is 2.00. The predicted molar refractivity (Wildman–Crippen MR) is 91.9 cm³/mol. The molecule has 1 N–H and O–H groups in total. The van der Waals surface area contributed by atoms with Crippen LogP contribution in [0, 0.1) is 0 Å². The molecule has 24 heavy (non-hydrogen) atoms. The Balaban J connectivity index is 1.77. The minimum atomic E-state index is 0.101. The lowest BCUT2D eigenvalue weighted by Crippen LogP contribution is -2.27. The summed E-state index contributed by atoms with van der Waals surface area (Å²) in [5.41, 5.74) is 2.15. The fourth-order valence-corrected chi connectivity index (χ4v) is 2.64. The van der Waals surface area contributed by atoms with Crippen molar-refractivity contribution in [2.75, 3.05) is 13.2 Å². The number of hydrogen-bond donors (Lipinski definition) is 1. The van der Waals surface area contributed by atoms with Gasteiger partial charge in [-0.15, -0.1) is 10.2 Å². The quantitative estimate of drug-likeness (QED) is 0.719. The Morgan fingerprint density at radius 1 is 1.04 bits per heavy atom. The summed E-state index contributed by atoms with van der Waals surface area (Å²) in [6.07, 6.45) is 3.60. The SMILES string of the molecule is Cn1c(CN(CCO)Cc2cccnc2)nnc1-c1ccccc1. The number of benzene rings is 1. The van der Waals surface area contributed by atoms with Crippen LogP contribution in [0.15, 0.2) is 54.9 Å². The van der Waals surface area contributed by atoms with Crippen LogP contribution in [0.1, 0.15) is 11.4 Å². The fraction of sp³-hybridized carbons (Fsp3) is 0.278. The highest BCUT2D eigenvalue weighted by Gasteiger charge is 2.14. The zero-order valence-corrected chi connectivity index (χ0v) is 13.7. The Labute approximate surface area is 141 Å². The van der Waals surface area contributed by atoms with E-state index in [4.69, 9.17) is 0 Å². The molecule has 0 saturated heterocycles. The molecule has 0 spiro atoms. The molecule has 2 heterocycles. The number of pyridine rings is 1. The molecular formula is C18H21N5O. The Morgan fingerprint density at radius 3 is 2.58 bits per heavy atom. The second kappa shape index (κ2) is 7.81. The molecule has 0 radical (unpaired) electrons. The number of aliphatic hydroxyl groups excluding tert-OH is 1. The van der Waals surface area contributed by atoms with E-state index in [0.29, 0.717) is 19.6 Å². The molecule has 0 amide bonds. The third-order valence-electron chi connectivity index (χ3n) is 3.91. The van der Waals surface area contributed by atoms with Crippen LogP contribution in [0.2, 0.25) is 0 Å². The molecule has 0 aliphatic rings. The van der Waals surface area contributed by atoms with Crippen molar-refractivity contribution in [3.63, 3.8) is 0 Å². The van der Waals surface area contributed by atoms with Crippen LogP contribution in [-0.2, 0) is 20.1 Å². The molecule has 3 aromatic rings. The van der Waals surface area contributed by atoms with E-state index in [1.807, 2.05) is 60.3 Å². The number of aromatic nitrogens is 4. The lowest BCUT2D eigenvalue weighted by molar-refractivity contribution is 0.180. The third-order valence-corrected chi connectivity index (χ3v) is 3.91. The Hall–Kier alpha value is -2.57. The molecule has 3 rings (SSSR count). The average molecular weight is 323 g/mol. The van der Waals surface area contributed by atoms with E-state index in [1.54, 1.807) is 6.20 Å². The van der Waals surface area contributed by atoms with E-state index in [1.165, 1.54) is 0 Å². The largest absolute Gasteiger partial charge is 0.395 e. The normalized spacial score (nSPS) is 11.1. The summed E-state index contributed by atoms with van der Waals surface area (Å²) in [6, 6.07) is 14.0. The molecule has 0 atom stereocenters. The number of rotatable bonds is 7. The second-order valence-corrected chi connectivity index (χ2v) is 5.66. The average Bonchev–Trinajstić information content (AvgIpc) is 2.97. The van der Waals surface area contributed by atoms with Gasteiger partial charge in [-0.05, 0) is 11.6 Å². The van der Waals surface area contributed by atoms with Crippen LogP contribution in [0.25, 0.3) is 11.4 Å². The van der Waals surface area contributed by atoms with Crippen LogP contribution in [0.5, 0.6) is 0 Å². The molecule has 0 fully saturated rings. The summed E-state index contributed by atoms with van der Waals surface area (Å²) in [5, 5.41) is 18.0. The smallest absolute Gasteiger partial charge is 0.163 e. The molecule has 124 valence electrons. The highest BCUT2D eigenvalue weighted by atomic mass is 16.3. The zero-order chi connectivity index (χ0) is 16.8. The molecule has 6 heteroatoms.